The Kier molecular flexibility index (Phi) is 4.04. The highest BCUT2D eigenvalue weighted by molar-refractivity contribution is 7.99. The van der Waals surface area contributed by atoms with E-state index in [-0.39, 0.29) is 5.69 Å². The lowest BCUT2D eigenvalue weighted by Crippen LogP contribution is -2.16. The van der Waals surface area contributed by atoms with E-state index in [1.165, 1.54) is 0 Å². The van der Waals surface area contributed by atoms with Gasteiger partial charge in [-0.25, -0.2) is 9.89 Å². The fraction of sp³-hybridized carbons (Fsp3) is 0.429. The van der Waals surface area contributed by atoms with E-state index in [2.05, 4.69) is 20.3 Å². The third kappa shape index (κ3) is 3.25. The average Bonchev–Trinajstić information content (AvgIpc) is 2.96. The standard InChI is InChI=1S/C14H15N5O2S2/c20-13-16-17-14(19(13)9-5-6-9)23-8-2-4-11-15-12(18-21-11)10-3-1-7-22-10/h1,3,7,9H,2,4-6,8H2,(H,16,20). The molecule has 0 spiro atoms. The van der Waals surface area contributed by atoms with Crippen LogP contribution in [0.4, 0.5) is 0 Å². The van der Waals surface area contributed by atoms with Crippen molar-refractivity contribution in [3.8, 4) is 10.7 Å². The maximum absolute atomic E-state index is 11.7. The first-order chi connectivity index (χ1) is 11.3. The molecule has 0 aliphatic heterocycles. The number of H-pyrrole nitrogens is 1. The van der Waals surface area contributed by atoms with Crippen LogP contribution in [0.5, 0.6) is 0 Å². The highest BCUT2D eigenvalue weighted by atomic mass is 32.2. The van der Waals surface area contributed by atoms with Crippen molar-refractivity contribution in [1.82, 2.24) is 24.9 Å². The van der Waals surface area contributed by atoms with Crippen molar-refractivity contribution in [2.75, 3.05) is 5.75 Å². The van der Waals surface area contributed by atoms with Gasteiger partial charge < -0.3 is 4.52 Å². The summed E-state index contributed by atoms with van der Waals surface area (Å²) in [6.07, 6.45) is 3.76. The molecule has 4 rings (SSSR count). The van der Waals surface area contributed by atoms with Crippen molar-refractivity contribution in [1.29, 1.82) is 0 Å². The van der Waals surface area contributed by atoms with Gasteiger partial charge in [0.1, 0.15) is 0 Å². The molecule has 1 aliphatic carbocycles. The summed E-state index contributed by atoms with van der Waals surface area (Å²) in [5, 5.41) is 13.4. The van der Waals surface area contributed by atoms with Gasteiger partial charge in [-0.3, -0.25) is 4.57 Å². The number of rotatable bonds is 7. The fourth-order valence-corrected chi connectivity index (χ4v) is 3.90. The van der Waals surface area contributed by atoms with E-state index >= 15 is 0 Å². The zero-order valence-corrected chi connectivity index (χ0v) is 13.9. The van der Waals surface area contributed by atoms with Gasteiger partial charge in [0.05, 0.1) is 4.88 Å². The summed E-state index contributed by atoms with van der Waals surface area (Å²) < 4.78 is 7.05. The molecule has 0 saturated heterocycles. The minimum Gasteiger partial charge on any atom is -0.339 e. The van der Waals surface area contributed by atoms with Crippen molar-refractivity contribution >= 4 is 23.1 Å². The molecule has 0 unspecified atom stereocenters. The lowest BCUT2D eigenvalue weighted by Gasteiger charge is -2.02. The highest BCUT2D eigenvalue weighted by Crippen LogP contribution is 2.36. The SMILES string of the molecule is O=c1[nH]nc(SCCCc2nc(-c3cccs3)no2)n1C1CC1. The monoisotopic (exact) mass is 349 g/mol. The van der Waals surface area contributed by atoms with Crippen LogP contribution in [0, 0.1) is 0 Å². The van der Waals surface area contributed by atoms with Crippen LogP contribution < -0.4 is 5.69 Å². The second kappa shape index (κ2) is 6.32. The molecule has 0 radical (unpaired) electrons. The van der Waals surface area contributed by atoms with E-state index in [1.54, 1.807) is 27.7 Å². The van der Waals surface area contributed by atoms with Gasteiger partial charge in [-0.1, -0.05) is 23.0 Å². The maximum atomic E-state index is 11.7. The number of nitrogens with zero attached hydrogens (tertiary/aromatic N) is 4. The summed E-state index contributed by atoms with van der Waals surface area (Å²) >= 11 is 3.19. The van der Waals surface area contributed by atoms with Crippen molar-refractivity contribution in [3.63, 3.8) is 0 Å². The topological polar surface area (TPSA) is 89.6 Å². The Hall–Kier alpha value is -1.87. The van der Waals surface area contributed by atoms with Crippen molar-refractivity contribution in [2.45, 2.75) is 36.9 Å². The molecule has 1 N–H and O–H groups in total. The van der Waals surface area contributed by atoms with Gasteiger partial charge in [-0.05, 0) is 30.7 Å². The molecule has 23 heavy (non-hydrogen) atoms. The smallest absolute Gasteiger partial charge is 0.339 e. The van der Waals surface area contributed by atoms with Gasteiger partial charge in [0.25, 0.3) is 0 Å². The molecule has 0 aromatic carbocycles. The highest BCUT2D eigenvalue weighted by Gasteiger charge is 2.28. The molecule has 3 heterocycles. The Morgan fingerprint density at radius 1 is 1.48 bits per heavy atom. The van der Waals surface area contributed by atoms with Crippen LogP contribution in [-0.2, 0) is 6.42 Å². The third-order valence-electron chi connectivity index (χ3n) is 3.56. The number of hydrogen-bond acceptors (Lipinski definition) is 7. The molecule has 0 amide bonds. The first-order valence-corrected chi connectivity index (χ1v) is 9.34. The van der Waals surface area contributed by atoms with Gasteiger partial charge in [0.2, 0.25) is 11.7 Å². The summed E-state index contributed by atoms with van der Waals surface area (Å²) in [6.45, 7) is 0. The molecule has 1 aliphatic rings. The second-order valence-corrected chi connectivity index (χ2v) is 7.36. The molecule has 3 aromatic rings. The number of aromatic nitrogens is 5. The second-order valence-electron chi connectivity index (χ2n) is 5.35. The van der Waals surface area contributed by atoms with E-state index in [0.717, 1.165) is 41.5 Å². The Morgan fingerprint density at radius 3 is 3.17 bits per heavy atom. The molecule has 0 atom stereocenters. The molecule has 120 valence electrons. The largest absolute Gasteiger partial charge is 0.344 e. The number of nitrogens with one attached hydrogen (secondary N) is 1. The number of thiophene rings is 1. The van der Waals surface area contributed by atoms with E-state index in [9.17, 15) is 4.79 Å². The molecule has 1 saturated carbocycles. The summed E-state index contributed by atoms with van der Waals surface area (Å²) in [4.78, 5) is 17.1. The van der Waals surface area contributed by atoms with Crippen LogP contribution in [0.1, 0.15) is 31.2 Å². The molecular formula is C14H15N5O2S2. The van der Waals surface area contributed by atoms with Gasteiger partial charge in [0, 0.05) is 18.2 Å². The minimum absolute atomic E-state index is 0.104. The van der Waals surface area contributed by atoms with Crippen molar-refractivity contribution in [2.24, 2.45) is 0 Å². The van der Waals surface area contributed by atoms with Crippen LogP contribution in [-0.4, -0.2) is 30.7 Å². The fourth-order valence-electron chi connectivity index (χ4n) is 2.30. The number of thioether (sulfide) groups is 1. The minimum atomic E-state index is -0.104. The zero-order chi connectivity index (χ0) is 15.6. The molecule has 1 fully saturated rings. The third-order valence-corrected chi connectivity index (χ3v) is 5.46. The quantitative estimate of drug-likeness (QED) is 0.521. The molecule has 3 aromatic heterocycles. The molecule has 0 bridgehead atoms. The Labute approximate surface area is 140 Å². The maximum Gasteiger partial charge on any atom is 0.344 e. The lowest BCUT2D eigenvalue weighted by molar-refractivity contribution is 0.378. The Bertz CT molecular complexity index is 832. The van der Waals surface area contributed by atoms with Gasteiger partial charge in [0.15, 0.2) is 5.16 Å². The first-order valence-electron chi connectivity index (χ1n) is 7.47. The number of aromatic amines is 1. The van der Waals surface area contributed by atoms with Gasteiger partial charge >= 0.3 is 5.69 Å². The predicted octanol–water partition coefficient (Wildman–Crippen LogP) is 2.74. The number of aryl methyl sites for hydroxylation is 1. The van der Waals surface area contributed by atoms with E-state index in [0.29, 0.717) is 17.8 Å². The van der Waals surface area contributed by atoms with Crippen LogP contribution >= 0.6 is 23.1 Å². The predicted molar refractivity (Wildman–Crippen MR) is 87.8 cm³/mol. The van der Waals surface area contributed by atoms with Crippen molar-refractivity contribution < 1.29 is 4.52 Å². The van der Waals surface area contributed by atoms with Crippen LogP contribution in [0.3, 0.4) is 0 Å². The van der Waals surface area contributed by atoms with Gasteiger partial charge in [-0.15, -0.1) is 16.4 Å². The number of hydrogen-bond donors (Lipinski definition) is 1. The molecular weight excluding hydrogens is 334 g/mol. The summed E-state index contributed by atoms with van der Waals surface area (Å²) in [6, 6.07) is 4.29. The summed E-state index contributed by atoms with van der Waals surface area (Å²) in [5.74, 6) is 2.15. The van der Waals surface area contributed by atoms with Crippen LogP contribution in [0.2, 0.25) is 0 Å². The van der Waals surface area contributed by atoms with Crippen LogP contribution in [0.15, 0.2) is 32.0 Å². The Balaban J connectivity index is 1.30. The van der Waals surface area contributed by atoms with Crippen LogP contribution in [0.25, 0.3) is 10.7 Å². The van der Waals surface area contributed by atoms with E-state index in [1.807, 2.05) is 17.5 Å². The first kappa shape index (κ1) is 14.7. The average molecular weight is 349 g/mol. The molecule has 7 nitrogen and oxygen atoms in total. The Morgan fingerprint density at radius 2 is 2.39 bits per heavy atom. The zero-order valence-electron chi connectivity index (χ0n) is 12.3. The summed E-state index contributed by atoms with van der Waals surface area (Å²) in [5.41, 5.74) is -0.104. The van der Waals surface area contributed by atoms with Gasteiger partial charge in [-0.2, -0.15) is 4.98 Å². The lowest BCUT2D eigenvalue weighted by atomic mass is 10.3. The van der Waals surface area contributed by atoms with E-state index in [4.69, 9.17) is 4.52 Å². The molecule has 9 heteroatoms. The van der Waals surface area contributed by atoms with E-state index < -0.39 is 0 Å². The summed E-state index contributed by atoms with van der Waals surface area (Å²) in [7, 11) is 0. The normalized spacial score (nSPS) is 14.4. The van der Waals surface area contributed by atoms with Crippen molar-refractivity contribution in [3.05, 3.63) is 33.9 Å².